The van der Waals surface area contributed by atoms with Gasteiger partial charge in [0.2, 0.25) is 0 Å². The molecule has 1 heterocycles. The zero-order valence-electron chi connectivity index (χ0n) is 10.1. The van der Waals surface area contributed by atoms with Crippen molar-refractivity contribution in [3.63, 3.8) is 0 Å². The Morgan fingerprint density at radius 3 is 2.71 bits per heavy atom. The Bertz CT molecular complexity index is 437. The lowest BCUT2D eigenvalue weighted by molar-refractivity contribution is 0.0786. The molecule has 1 fully saturated rings. The molecule has 92 valence electrons. The molecule has 2 unspecified atom stereocenters. The number of nitrogens with zero attached hydrogens (tertiary/aromatic N) is 1. The van der Waals surface area contributed by atoms with E-state index in [0.717, 1.165) is 22.1 Å². The smallest absolute Gasteiger partial charge is 0.255 e. The Kier molecular flexibility index (Phi) is 3.54. The highest BCUT2D eigenvalue weighted by atomic mass is 79.9. The Hall–Kier alpha value is -0.870. The normalized spacial score (nSPS) is 24.1. The maximum Gasteiger partial charge on any atom is 0.255 e. The summed E-state index contributed by atoms with van der Waals surface area (Å²) in [6.07, 6.45) is 0. The Morgan fingerprint density at radius 1 is 1.47 bits per heavy atom. The first-order chi connectivity index (χ1) is 7.99. The Morgan fingerprint density at radius 2 is 2.18 bits per heavy atom. The molecule has 0 radical (unpaired) electrons. The Balaban J connectivity index is 2.20. The number of halogens is 1. The molecule has 0 bridgehead atoms. The van der Waals surface area contributed by atoms with Crippen molar-refractivity contribution in [2.45, 2.75) is 19.9 Å². The third-order valence-electron chi connectivity index (χ3n) is 3.31. The molecule has 0 saturated carbocycles. The van der Waals surface area contributed by atoms with Crippen LogP contribution >= 0.6 is 15.9 Å². The molecule has 1 amide bonds. The average molecular weight is 297 g/mol. The van der Waals surface area contributed by atoms with Gasteiger partial charge >= 0.3 is 0 Å². The molecule has 2 N–H and O–H groups in total. The lowest BCUT2D eigenvalue weighted by atomic mass is 10.1. The lowest BCUT2D eigenvalue weighted by Gasteiger charge is -2.17. The largest absolute Gasteiger partial charge is 0.337 e. The van der Waals surface area contributed by atoms with Gasteiger partial charge in [0.1, 0.15) is 0 Å². The number of benzene rings is 1. The van der Waals surface area contributed by atoms with E-state index in [1.54, 1.807) is 0 Å². The number of aryl methyl sites for hydroxylation is 1. The summed E-state index contributed by atoms with van der Waals surface area (Å²) in [5, 5.41) is 0. The summed E-state index contributed by atoms with van der Waals surface area (Å²) in [4.78, 5) is 14.1. The second-order valence-corrected chi connectivity index (χ2v) is 5.69. The maximum absolute atomic E-state index is 12.3. The van der Waals surface area contributed by atoms with Crippen molar-refractivity contribution in [3.8, 4) is 0 Å². The van der Waals surface area contributed by atoms with E-state index in [4.69, 9.17) is 5.73 Å². The average Bonchev–Trinajstić information content (AvgIpc) is 2.58. The molecule has 1 aromatic carbocycles. The van der Waals surface area contributed by atoms with Crippen LogP contribution in [0.3, 0.4) is 0 Å². The summed E-state index contributed by atoms with van der Waals surface area (Å²) < 4.78 is 0.857. The molecule has 0 aliphatic carbocycles. The molecule has 1 aliphatic heterocycles. The van der Waals surface area contributed by atoms with Gasteiger partial charge in [-0.1, -0.05) is 13.0 Å². The van der Waals surface area contributed by atoms with Gasteiger partial charge in [-0.05, 0) is 46.5 Å². The molecule has 1 aliphatic rings. The summed E-state index contributed by atoms with van der Waals surface area (Å²) in [7, 11) is 0. The van der Waals surface area contributed by atoms with Gasteiger partial charge in [0.15, 0.2) is 0 Å². The SMILES string of the molecule is Cc1ccc(C(=O)N2CC(C)C(N)C2)c(Br)c1. The summed E-state index contributed by atoms with van der Waals surface area (Å²) in [5.41, 5.74) is 7.80. The van der Waals surface area contributed by atoms with Crippen LogP contribution in [-0.2, 0) is 0 Å². The Labute approximate surface area is 110 Å². The fourth-order valence-electron chi connectivity index (χ4n) is 2.12. The van der Waals surface area contributed by atoms with E-state index < -0.39 is 0 Å². The van der Waals surface area contributed by atoms with Crippen LogP contribution in [0.1, 0.15) is 22.8 Å². The highest BCUT2D eigenvalue weighted by molar-refractivity contribution is 9.10. The molecule has 0 aromatic heterocycles. The third-order valence-corrected chi connectivity index (χ3v) is 3.97. The number of amides is 1. The molecule has 17 heavy (non-hydrogen) atoms. The quantitative estimate of drug-likeness (QED) is 0.863. The van der Waals surface area contributed by atoms with Crippen molar-refractivity contribution in [1.29, 1.82) is 0 Å². The van der Waals surface area contributed by atoms with Crippen LogP contribution in [0.5, 0.6) is 0 Å². The van der Waals surface area contributed by atoms with Crippen LogP contribution in [0, 0.1) is 12.8 Å². The van der Waals surface area contributed by atoms with Crippen LogP contribution in [0.25, 0.3) is 0 Å². The molecular weight excluding hydrogens is 280 g/mol. The molecular formula is C13H17BrN2O. The first kappa shape index (κ1) is 12.6. The van der Waals surface area contributed by atoms with Crippen LogP contribution in [0.15, 0.2) is 22.7 Å². The van der Waals surface area contributed by atoms with Crippen molar-refractivity contribution in [2.24, 2.45) is 11.7 Å². The van der Waals surface area contributed by atoms with Crippen LogP contribution in [-0.4, -0.2) is 29.9 Å². The first-order valence-electron chi connectivity index (χ1n) is 5.80. The van der Waals surface area contributed by atoms with Gasteiger partial charge in [-0.2, -0.15) is 0 Å². The summed E-state index contributed by atoms with van der Waals surface area (Å²) in [6.45, 7) is 5.50. The topological polar surface area (TPSA) is 46.3 Å². The number of nitrogens with two attached hydrogens (primary N) is 1. The molecule has 3 nitrogen and oxygen atoms in total. The molecule has 2 atom stereocenters. The number of hydrogen-bond donors (Lipinski definition) is 1. The van der Waals surface area contributed by atoms with Crippen molar-refractivity contribution in [2.75, 3.05) is 13.1 Å². The number of rotatable bonds is 1. The van der Waals surface area contributed by atoms with Gasteiger partial charge in [-0.3, -0.25) is 4.79 Å². The van der Waals surface area contributed by atoms with Gasteiger partial charge in [0, 0.05) is 23.6 Å². The van der Waals surface area contributed by atoms with Gasteiger partial charge in [0.05, 0.1) is 5.56 Å². The van der Waals surface area contributed by atoms with Crippen LogP contribution < -0.4 is 5.73 Å². The summed E-state index contributed by atoms with van der Waals surface area (Å²) in [5.74, 6) is 0.444. The van der Waals surface area contributed by atoms with E-state index in [1.165, 1.54) is 0 Å². The second kappa shape index (κ2) is 4.78. The molecule has 0 spiro atoms. The molecule has 2 rings (SSSR count). The predicted octanol–water partition coefficient (Wildman–Crippen LogP) is 2.18. The minimum Gasteiger partial charge on any atom is -0.337 e. The zero-order valence-corrected chi connectivity index (χ0v) is 11.7. The number of hydrogen-bond acceptors (Lipinski definition) is 2. The fourth-order valence-corrected chi connectivity index (χ4v) is 2.78. The standard InChI is InChI=1S/C13H17BrN2O/c1-8-3-4-10(11(14)5-8)13(17)16-6-9(2)12(15)7-16/h3-5,9,12H,6-7,15H2,1-2H3. The second-order valence-electron chi connectivity index (χ2n) is 4.83. The van der Waals surface area contributed by atoms with Gasteiger partial charge in [-0.15, -0.1) is 0 Å². The van der Waals surface area contributed by atoms with Gasteiger partial charge in [0.25, 0.3) is 5.91 Å². The van der Waals surface area contributed by atoms with Crippen LogP contribution in [0.2, 0.25) is 0 Å². The highest BCUT2D eigenvalue weighted by Crippen LogP contribution is 2.23. The van der Waals surface area contributed by atoms with Crippen molar-refractivity contribution >= 4 is 21.8 Å². The van der Waals surface area contributed by atoms with E-state index in [-0.39, 0.29) is 11.9 Å². The summed E-state index contributed by atoms with van der Waals surface area (Å²) in [6, 6.07) is 5.89. The van der Waals surface area contributed by atoms with E-state index in [0.29, 0.717) is 12.5 Å². The predicted molar refractivity (Wildman–Crippen MR) is 71.9 cm³/mol. The molecule has 1 saturated heterocycles. The number of likely N-dealkylation sites (tertiary alicyclic amines) is 1. The molecule has 1 aromatic rings. The zero-order chi connectivity index (χ0) is 12.6. The minimum absolute atomic E-state index is 0.0664. The monoisotopic (exact) mass is 296 g/mol. The molecule has 4 heteroatoms. The number of carbonyl (C=O) groups is 1. The van der Waals surface area contributed by atoms with Crippen molar-refractivity contribution in [3.05, 3.63) is 33.8 Å². The van der Waals surface area contributed by atoms with Crippen molar-refractivity contribution in [1.82, 2.24) is 4.90 Å². The maximum atomic E-state index is 12.3. The van der Waals surface area contributed by atoms with Crippen LogP contribution in [0.4, 0.5) is 0 Å². The number of carbonyl (C=O) groups excluding carboxylic acids is 1. The van der Waals surface area contributed by atoms with E-state index >= 15 is 0 Å². The van der Waals surface area contributed by atoms with E-state index in [9.17, 15) is 4.79 Å². The summed E-state index contributed by atoms with van der Waals surface area (Å²) >= 11 is 3.45. The van der Waals surface area contributed by atoms with E-state index in [1.807, 2.05) is 30.0 Å². The van der Waals surface area contributed by atoms with Gasteiger partial charge < -0.3 is 10.6 Å². The first-order valence-corrected chi connectivity index (χ1v) is 6.59. The third kappa shape index (κ3) is 2.53. The van der Waals surface area contributed by atoms with E-state index in [2.05, 4.69) is 22.9 Å². The van der Waals surface area contributed by atoms with Gasteiger partial charge in [-0.25, -0.2) is 0 Å². The fraction of sp³-hybridized carbons (Fsp3) is 0.462. The minimum atomic E-state index is 0.0664. The highest BCUT2D eigenvalue weighted by Gasteiger charge is 2.30. The van der Waals surface area contributed by atoms with Crippen molar-refractivity contribution < 1.29 is 4.79 Å². The lowest BCUT2D eigenvalue weighted by Crippen LogP contribution is -2.32.